The molecule has 6 aromatic carbocycles. The third kappa shape index (κ3) is 6.85. The summed E-state index contributed by atoms with van der Waals surface area (Å²) in [5.41, 5.74) is 0. The quantitative estimate of drug-likeness (QED) is 0.149. The van der Waals surface area contributed by atoms with Crippen molar-refractivity contribution in [2.45, 2.75) is 29.4 Å². The van der Waals surface area contributed by atoms with E-state index < -0.39 is 29.5 Å². The highest BCUT2D eigenvalue weighted by Gasteiger charge is 2.27. The van der Waals surface area contributed by atoms with E-state index in [9.17, 15) is 35.5 Å². The maximum atomic E-state index is 13.8. The molecule has 0 aliphatic carbocycles. The summed E-state index contributed by atoms with van der Waals surface area (Å²) < 4.78 is 92.2. The van der Waals surface area contributed by atoms with E-state index in [0.29, 0.717) is 0 Å². The van der Waals surface area contributed by atoms with Gasteiger partial charge in [0, 0.05) is 0 Å². The molecule has 6 aromatic rings. The first-order chi connectivity index (χ1) is 23.4. The lowest BCUT2D eigenvalue weighted by Crippen LogP contribution is -2.05. The van der Waals surface area contributed by atoms with Gasteiger partial charge in [0.25, 0.3) is 0 Å². The number of ether oxygens (including phenoxy) is 2. The average Bonchev–Trinajstić information content (AvgIpc) is 3.10. The minimum atomic E-state index is -4.15. The molecule has 13 heteroatoms. The zero-order valence-corrected chi connectivity index (χ0v) is 27.7. The molecule has 0 saturated carbocycles. The van der Waals surface area contributed by atoms with Crippen molar-refractivity contribution < 1.29 is 44.9 Å². The number of hydrogen-bond acceptors (Lipinski definition) is 10. The van der Waals surface area contributed by atoms with E-state index in [2.05, 4.69) is 0 Å². The lowest BCUT2D eigenvalue weighted by atomic mass is 10.3. The van der Waals surface area contributed by atoms with Gasteiger partial charge in [0.1, 0.15) is 27.9 Å². The van der Waals surface area contributed by atoms with E-state index in [1.54, 1.807) is 18.2 Å². The molecular weight excluding hydrogens is 689 g/mol. The number of phenolic OH excluding ortho intramolecular Hbond substituents is 2. The van der Waals surface area contributed by atoms with Gasteiger partial charge in [-0.25, -0.2) is 25.3 Å². The standard InChI is InChI=1S/C36H26O10S3/c37-25-9-17-30(18-10-25)47(39,40)32-21-13-27(14-22-32)45-34-7-4-8-35(49(43,44)29-5-2-1-3-6-29)36(34)46-28-15-23-33(24-16-28)48(41,42)31-19-11-26(38)12-20-31/h1-24,37-38H. The van der Waals surface area contributed by atoms with Crippen LogP contribution in [0.5, 0.6) is 34.5 Å². The van der Waals surface area contributed by atoms with E-state index in [1.807, 2.05) is 0 Å². The highest BCUT2D eigenvalue weighted by Crippen LogP contribution is 2.42. The van der Waals surface area contributed by atoms with Crippen LogP contribution in [0.1, 0.15) is 0 Å². The molecule has 0 unspecified atom stereocenters. The van der Waals surface area contributed by atoms with E-state index >= 15 is 0 Å². The van der Waals surface area contributed by atoms with Crippen LogP contribution in [0.2, 0.25) is 0 Å². The summed E-state index contributed by atoms with van der Waals surface area (Å²) in [5.74, 6) is -0.111. The van der Waals surface area contributed by atoms with Gasteiger partial charge in [-0.1, -0.05) is 24.3 Å². The van der Waals surface area contributed by atoms with Gasteiger partial charge in [0.15, 0.2) is 11.5 Å². The SMILES string of the molecule is O=S(=O)(c1ccc(O)cc1)c1ccc(Oc2cccc(S(=O)(=O)c3ccccc3)c2Oc2ccc(S(=O)(=O)c3ccc(O)cc3)cc2)cc1. The van der Waals surface area contributed by atoms with Crippen molar-refractivity contribution in [1.82, 2.24) is 0 Å². The largest absolute Gasteiger partial charge is 0.508 e. The Hall–Kier alpha value is -5.63. The molecule has 0 spiro atoms. The van der Waals surface area contributed by atoms with Crippen LogP contribution in [0.4, 0.5) is 0 Å². The van der Waals surface area contributed by atoms with Crippen LogP contribution in [0, 0.1) is 0 Å². The second-order valence-electron chi connectivity index (χ2n) is 10.5. The molecule has 6 rings (SSSR count). The molecule has 0 heterocycles. The minimum Gasteiger partial charge on any atom is -0.508 e. The highest BCUT2D eigenvalue weighted by atomic mass is 32.2. The van der Waals surface area contributed by atoms with Crippen molar-refractivity contribution in [1.29, 1.82) is 0 Å². The van der Waals surface area contributed by atoms with Gasteiger partial charge in [-0.2, -0.15) is 0 Å². The molecule has 0 fully saturated rings. The maximum Gasteiger partial charge on any atom is 0.210 e. The van der Waals surface area contributed by atoms with Gasteiger partial charge in [-0.15, -0.1) is 0 Å². The van der Waals surface area contributed by atoms with Gasteiger partial charge in [-0.3, -0.25) is 0 Å². The van der Waals surface area contributed by atoms with Crippen LogP contribution < -0.4 is 9.47 Å². The molecule has 0 atom stereocenters. The third-order valence-electron chi connectivity index (χ3n) is 7.30. The van der Waals surface area contributed by atoms with Gasteiger partial charge >= 0.3 is 0 Å². The number of rotatable bonds is 10. The van der Waals surface area contributed by atoms with Crippen LogP contribution in [0.25, 0.3) is 0 Å². The van der Waals surface area contributed by atoms with Crippen molar-refractivity contribution in [3.05, 3.63) is 146 Å². The molecule has 0 amide bonds. The number of benzene rings is 6. The molecule has 248 valence electrons. The predicted molar refractivity (Wildman–Crippen MR) is 178 cm³/mol. The van der Waals surface area contributed by atoms with Gasteiger partial charge < -0.3 is 19.7 Å². The molecule has 10 nitrogen and oxygen atoms in total. The van der Waals surface area contributed by atoms with Crippen molar-refractivity contribution in [3.8, 4) is 34.5 Å². The Labute approximate surface area is 282 Å². The Balaban J connectivity index is 1.36. The fraction of sp³-hybridized carbons (Fsp3) is 0. The third-order valence-corrected chi connectivity index (χ3v) is 12.7. The molecule has 0 aliphatic rings. The fourth-order valence-corrected chi connectivity index (χ4v) is 8.69. The molecule has 0 radical (unpaired) electrons. The summed E-state index contributed by atoms with van der Waals surface area (Å²) in [5, 5.41) is 19.1. The number of para-hydroxylation sites is 1. The van der Waals surface area contributed by atoms with E-state index in [1.165, 1.54) is 127 Å². The number of aromatic hydroxyl groups is 2. The van der Waals surface area contributed by atoms with Crippen molar-refractivity contribution in [3.63, 3.8) is 0 Å². The Morgan fingerprint density at radius 3 is 1.20 bits per heavy atom. The Morgan fingerprint density at radius 1 is 0.367 bits per heavy atom. The van der Waals surface area contributed by atoms with E-state index in [-0.39, 0.29) is 63.9 Å². The first-order valence-electron chi connectivity index (χ1n) is 14.4. The summed E-state index contributed by atoms with van der Waals surface area (Å²) in [6.07, 6.45) is 0. The topological polar surface area (TPSA) is 161 Å². The zero-order valence-electron chi connectivity index (χ0n) is 25.2. The first-order valence-corrected chi connectivity index (χ1v) is 18.9. The molecule has 0 bridgehead atoms. The Bertz CT molecular complexity index is 2450. The number of sulfone groups is 3. The minimum absolute atomic E-state index is 0.00358. The zero-order chi connectivity index (χ0) is 34.8. The molecule has 2 N–H and O–H groups in total. The number of hydrogen-bond donors (Lipinski definition) is 2. The maximum absolute atomic E-state index is 13.8. The average molecular weight is 715 g/mol. The van der Waals surface area contributed by atoms with Crippen LogP contribution in [0.3, 0.4) is 0 Å². The molecule has 0 aliphatic heterocycles. The summed E-state index contributed by atoms with van der Waals surface area (Å²) in [4.78, 5) is -0.384. The highest BCUT2D eigenvalue weighted by molar-refractivity contribution is 7.92. The monoisotopic (exact) mass is 714 g/mol. The molecule has 0 saturated heterocycles. The van der Waals surface area contributed by atoms with E-state index in [0.717, 1.165) is 0 Å². The van der Waals surface area contributed by atoms with Gasteiger partial charge in [-0.05, 0) is 121 Å². The van der Waals surface area contributed by atoms with Crippen LogP contribution in [-0.4, -0.2) is 35.5 Å². The van der Waals surface area contributed by atoms with Crippen LogP contribution in [-0.2, 0) is 29.5 Å². The van der Waals surface area contributed by atoms with Crippen molar-refractivity contribution in [2.24, 2.45) is 0 Å². The lowest BCUT2D eigenvalue weighted by Gasteiger charge is -2.17. The fourth-order valence-electron chi connectivity index (χ4n) is 4.76. The molecule has 0 aromatic heterocycles. The van der Waals surface area contributed by atoms with Crippen molar-refractivity contribution in [2.75, 3.05) is 0 Å². The van der Waals surface area contributed by atoms with Gasteiger partial charge in [0.2, 0.25) is 29.5 Å². The van der Waals surface area contributed by atoms with E-state index in [4.69, 9.17) is 9.47 Å². The summed E-state index contributed by atoms with van der Waals surface area (Å²) in [6, 6.07) is 33.0. The van der Waals surface area contributed by atoms with Crippen LogP contribution in [0.15, 0.2) is 175 Å². The summed E-state index contributed by atoms with van der Waals surface area (Å²) >= 11 is 0. The predicted octanol–water partition coefficient (Wildman–Crippen LogP) is 7.18. The van der Waals surface area contributed by atoms with Crippen LogP contribution >= 0.6 is 0 Å². The van der Waals surface area contributed by atoms with Gasteiger partial charge in [0.05, 0.1) is 24.5 Å². The summed E-state index contributed by atoms with van der Waals surface area (Å²) in [6.45, 7) is 0. The second-order valence-corrected chi connectivity index (χ2v) is 16.4. The molecule has 49 heavy (non-hydrogen) atoms. The lowest BCUT2D eigenvalue weighted by molar-refractivity contribution is 0.408. The smallest absolute Gasteiger partial charge is 0.210 e. The molecular formula is C36H26O10S3. The normalized spacial score (nSPS) is 11.9. The van der Waals surface area contributed by atoms with Crippen molar-refractivity contribution >= 4 is 29.5 Å². The second kappa shape index (κ2) is 13.1. The Morgan fingerprint density at radius 2 is 0.755 bits per heavy atom. The summed E-state index contributed by atoms with van der Waals surface area (Å²) in [7, 11) is -12.0. The number of phenols is 2. The first kappa shape index (κ1) is 33.3. The Kier molecular flexibility index (Phi) is 8.90.